The molecule has 1 aliphatic rings. The standard InChI is InChI=1S/C19H16F3N3OS/c20-19(21,22)15-7-8-17-23-24-18(25(17)10-15)27-11-16(26)14-6-5-12-3-1-2-4-13(12)9-14/h5-10H,1-4,11H2. The molecule has 0 saturated carbocycles. The Bertz CT molecular complexity index is 1010. The quantitative estimate of drug-likeness (QED) is 0.482. The molecule has 2 aromatic heterocycles. The second kappa shape index (κ2) is 6.99. The van der Waals surface area contributed by atoms with Crippen LogP contribution < -0.4 is 0 Å². The van der Waals surface area contributed by atoms with E-state index in [2.05, 4.69) is 10.2 Å². The number of hydrogen-bond acceptors (Lipinski definition) is 4. The second-order valence-corrected chi connectivity index (χ2v) is 7.47. The van der Waals surface area contributed by atoms with Gasteiger partial charge in [0.1, 0.15) is 0 Å². The van der Waals surface area contributed by atoms with Gasteiger partial charge in [-0.3, -0.25) is 9.20 Å². The first kappa shape index (κ1) is 18.0. The maximum absolute atomic E-state index is 12.9. The lowest BCUT2D eigenvalue weighted by atomic mass is 9.90. The minimum absolute atomic E-state index is 0.0721. The van der Waals surface area contributed by atoms with Crippen molar-refractivity contribution in [1.29, 1.82) is 0 Å². The molecule has 0 spiro atoms. The summed E-state index contributed by atoms with van der Waals surface area (Å²) in [4.78, 5) is 12.5. The van der Waals surface area contributed by atoms with Gasteiger partial charge in [0.2, 0.25) is 0 Å². The Balaban J connectivity index is 1.52. The SMILES string of the molecule is O=C(CSc1nnc2ccc(C(F)(F)F)cn12)c1ccc2c(c1)CCCC2. The third kappa shape index (κ3) is 3.71. The topological polar surface area (TPSA) is 47.3 Å². The van der Waals surface area contributed by atoms with Crippen molar-refractivity contribution >= 4 is 23.2 Å². The first-order valence-electron chi connectivity index (χ1n) is 8.61. The van der Waals surface area contributed by atoms with E-state index in [0.29, 0.717) is 11.2 Å². The van der Waals surface area contributed by atoms with Crippen LogP contribution in [0.25, 0.3) is 5.65 Å². The van der Waals surface area contributed by atoms with Crippen LogP contribution in [0.5, 0.6) is 0 Å². The summed E-state index contributed by atoms with van der Waals surface area (Å²) in [5, 5.41) is 8.04. The lowest BCUT2D eigenvalue weighted by molar-refractivity contribution is -0.137. The van der Waals surface area contributed by atoms with Crippen molar-refractivity contribution in [1.82, 2.24) is 14.6 Å². The molecule has 0 fully saturated rings. The number of thioether (sulfide) groups is 1. The van der Waals surface area contributed by atoms with Crippen LogP contribution in [-0.4, -0.2) is 26.1 Å². The molecule has 0 N–H and O–H groups in total. The fraction of sp³-hybridized carbons (Fsp3) is 0.316. The van der Waals surface area contributed by atoms with Gasteiger partial charge in [0.05, 0.1) is 11.3 Å². The summed E-state index contributed by atoms with van der Waals surface area (Å²) in [7, 11) is 0. The lowest BCUT2D eigenvalue weighted by Gasteiger charge is -2.16. The van der Waals surface area contributed by atoms with E-state index < -0.39 is 11.7 Å². The van der Waals surface area contributed by atoms with Crippen LogP contribution in [0.3, 0.4) is 0 Å². The van der Waals surface area contributed by atoms with Gasteiger partial charge in [0, 0.05) is 11.8 Å². The highest BCUT2D eigenvalue weighted by Gasteiger charge is 2.31. The van der Waals surface area contributed by atoms with Gasteiger partial charge in [0.15, 0.2) is 16.6 Å². The highest BCUT2D eigenvalue weighted by molar-refractivity contribution is 7.99. The summed E-state index contributed by atoms with van der Waals surface area (Å²) < 4.78 is 40.0. The number of fused-ring (bicyclic) bond motifs is 2. The molecule has 1 aliphatic carbocycles. The molecule has 4 nitrogen and oxygen atoms in total. The van der Waals surface area contributed by atoms with Gasteiger partial charge >= 0.3 is 6.18 Å². The fourth-order valence-corrected chi connectivity index (χ4v) is 4.07. The number of nitrogens with zero attached hydrogens (tertiary/aromatic N) is 3. The van der Waals surface area contributed by atoms with Gasteiger partial charge in [-0.25, -0.2) is 0 Å². The van der Waals surface area contributed by atoms with Gasteiger partial charge < -0.3 is 0 Å². The predicted molar refractivity (Wildman–Crippen MR) is 96.1 cm³/mol. The number of rotatable bonds is 4. The largest absolute Gasteiger partial charge is 0.417 e. The first-order chi connectivity index (χ1) is 12.9. The van der Waals surface area contributed by atoms with E-state index in [9.17, 15) is 18.0 Å². The van der Waals surface area contributed by atoms with Crippen molar-refractivity contribution in [3.8, 4) is 0 Å². The van der Waals surface area contributed by atoms with Gasteiger partial charge in [0.25, 0.3) is 0 Å². The maximum atomic E-state index is 12.9. The zero-order chi connectivity index (χ0) is 19.0. The van der Waals surface area contributed by atoms with Gasteiger partial charge in [-0.1, -0.05) is 23.9 Å². The summed E-state index contributed by atoms with van der Waals surface area (Å²) >= 11 is 1.09. The zero-order valence-corrected chi connectivity index (χ0v) is 15.1. The molecule has 1 aromatic carbocycles. The van der Waals surface area contributed by atoms with Gasteiger partial charge in [-0.2, -0.15) is 13.2 Å². The number of aryl methyl sites for hydroxylation is 2. The van der Waals surface area contributed by atoms with Crippen LogP contribution in [0.2, 0.25) is 0 Å². The van der Waals surface area contributed by atoms with E-state index >= 15 is 0 Å². The number of hydrogen-bond donors (Lipinski definition) is 0. The Hall–Kier alpha value is -2.35. The van der Waals surface area contributed by atoms with E-state index in [1.165, 1.54) is 28.0 Å². The Morgan fingerprint density at radius 3 is 2.63 bits per heavy atom. The number of alkyl halides is 3. The molecule has 0 amide bonds. The smallest absolute Gasteiger partial charge is 0.293 e. The molecule has 0 radical (unpaired) electrons. The zero-order valence-electron chi connectivity index (χ0n) is 14.3. The fourth-order valence-electron chi connectivity index (χ4n) is 3.26. The summed E-state index contributed by atoms with van der Waals surface area (Å²) in [6.07, 6.45) is 0.855. The Morgan fingerprint density at radius 2 is 1.85 bits per heavy atom. The third-order valence-electron chi connectivity index (χ3n) is 4.70. The second-order valence-electron chi connectivity index (χ2n) is 6.53. The predicted octanol–water partition coefficient (Wildman–Crippen LogP) is 4.60. The normalized spacial score (nSPS) is 14.3. The molecular weight excluding hydrogens is 375 g/mol. The maximum Gasteiger partial charge on any atom is 0.417 e. The van der Waals surface area contributed by atoms with Crippen LogP contribution in [0.1, 0.15) is 39.9 Å². The summed E-state index contributed by atoms with van der Waals surface area (Å²) in [6, 6.07) is 8.02. The van der Waals surface area contributed by atoms with E-state index in [4.69, 9.17) is 0 Å². The average molecular weight is 391 g/mol. The van der Waals surface area contributed by atoms with Crippen LogP contribution in [-0.2, 0) is 19.0 Å². The van der Waals surface area contributed by atoms with Crippen molar-refractivity contribution in [3.63, 3.8) is 0 Å². The molecule has 0 atom stereocenters. The number of carbonyl (C=O) groups is 1. The van der Waals surface area contributed by atoms with E-state index in [1.54, 1.807) is 0 Å². The molecule has 0 aliphatic heterocycles. The van der Waals surface area contributed by atoms with Crippen LogP contribution >= 0.6 is 11.8 Å². The minimum atomic E-state index is -4.45. The van der Waals surface area contributed by atoms with Crippen molar-refractivity contribution in [2.45, 2.75) is 37.0 Å². The molecule has 8 heteroatoms. The molecule has 2 heterocycles. The van der Waals surface area contributed by atoms with Crippen LogP contribution in [0.15, 0.2) is 41.7 Å². The van der Waals surface area contributed by atoms with Crippen LogP contribution in [0, 0.1) is 0 Å². The van der Waals surface area contributed by atoms with Crippen molar-refractivity contribution < 1.29 is 18.0 Å². The molecule has 3 aromatic rings. The Morgan fingerprint density at radius 1 is 1.07 bits per heavy atom. The van der Waals surface area contributed by atoms with Crippen molar-refractivity contribution in [2.24, 2.45) is 0 Å². The van der Waals surface area contributed by atoms with E-state index in [-0.39, 0.29) is 16.7 Å². The minimum Gasteiger partial charge on any atom is -0.293 e. The molecule has 140 valence electrons. The average Bonchev–Trinajstić information content (AvgIpc) is 3.07. The Kier molecular flexibility index (Phi) is 4.67. The first-order valence-corrected chi connectivity index (χ1v) is 9.60. The number of carbonyl (C=O) groups excluding carboxylic acids is 1. The monoisotopic (exact) mass is 391 g/mol. The summed E-state index contributed by atoms with van der Waals surface area (Å²) in [6.45, 7) is 0. The van der Waals surface area contributed by atoms with Crippen molar-refractivity contribution in [2.75, 3.05) is 5.75 Å². The number of pyridine rings is 1. The summed E-state index contributed by atoms with van der Waals surface area (Å²) in [5.41, 5.74) is 2.69. The van der Waals surface area contributed by atoms with E-state index in [1.807, 2.05) is 18.2 Å². The molecular formula is C19H16F3N3OS. The third-order valence-corrected chi connectivity index (χ3v) is 5.64. The highest BCUT2D eigenvalue weighted by Crippen LogP contribution is 2.30. The number of Topliss-reactive ketones (excluding diaryl/α,β-unsaturated/α-hetero) is 1. The number of benzene rings is 1. The van der Waals surface area contributed by atoms with Crippen molar-refractivity contribution in [3.05, 3.63) is 58.8 Å². The Labute approximate surface area is 157 Å². The molecule has 27 heavy (non-hydrogen) atoms. The van der Waals surface area contributed by atoms with Crippen LogP contribution in [0.4, 0.5) is 13.2 Å². The number of ketones is 1. The van der Waals surface area contributed by atoms with Gasteiger partial charge in [-0.15, -0.1) is 10.2 Å². The molecule has 0 bridgehead atoms. The lowest BCUT2D eigenvalue weighted by Crippen LogP contribution is -2.08. The van der Waals surface area contributed by atoms with Gasteiger partial charge in [-0.05, 0) is 55.0 Å². The molecule has 4 rings (SSSR count). The van der Waals surface area contributed by atoms with E-state index in [0.717, 1.165) is 43.3 Å². The molecule has 0 saturated heterocycles. The summed E-state index contributed by atoms with van der Waals surface area (Å²) in [5.74, 6) is 0.0210. The highest BCUT2D eigenvalue weighted by atomic mass is 32.2. The number of halogens is 3. The number of aromatic nitrogens is 3. The molecule has 0 unspecified atom stereocenters.